The van der Waals surface area contributed by atoms with Gasteiger partial charge < -0.3 is 4.90 Å². The van der Waals surface area contributed by atoms with Gasteiger partial charge in [0.25, 0.3) is 5.91 Å². The van der Waals surface area contributed by atoms with Gasteiger partial charge in [0, 0.05) is 36.3 Å². The van der Waals surface area contributed by atoms with Crippen LogP contribution in [-0.2, 0) is 6.54 Å². The minimum Gasteiger partial charge on any atom is -0.308 e. The highest BCUT2D eigenvalue weighted by molar-refractivity contribution is 7.08. The first-order valence-electron chi connectivity index (χ1n) is 9.26. The van der Waals surface area contributed by atoms with Crippen LogP contribution in [0.1, 0.15) is 46.8 Å². The first-order chi connectivity index (χ1) is 12.8. The summed E-state index contributed by atoms with van der Waals surface area (Å²) in [5.41, 5.74) is 4.13. The van der Waals surface area contributed by atoms with E-state index in [9.17, 15) is 4.79 Å². The van der Waals surface area contributed by atoms with Gasteiger partial charge in [-0.05, 0) is 54.3 Å². The summed E-state index contributed by atoms with van der Waals surface area (Å²) in [5.74, 6) is 1.18. The Morgan fingerprint density at radius 3 is 2.85 bits per heavy atom. The Labute approximate surface area is 157 Å². The Kier molecular flexibility index (Phi) is 3.89. The first kappa shape index (κ1) is 15.8. The summed E-state index contributed by atoms with van der Waals surface area (Å²) >= 11 is 1.56. The molecule has 5 heteroatoms. The normalized spacial score (nSPS) is 19.4. The zero-order valence-corrected chi connectivity index (χ0v) is 15.4. The summed E-state index contributed by atoms with van der Waals surface area (Å²) in [6.07, 6.45) is 5.69. The molecule has 1 aromatic carbocycles. The molecular formula is C21H21N3OS. The number of amides is 1. The summed E-state index contributed by atoms with van der Waals surface area (Å²) in [6.45, 7) is 1.77. The van der Waals surface area contributed by atoms with Crippen molar-refractivity contribution in [3.63, 3.8) is 0 Å². The van der Waals surface area contributed by atoms with Gasteiger partial charge in [0.05, 0.1) is 11.3 Å². The zero-order valence-electron chi connectivity index (χ0n) is 14.5. The Balaban J connectivity index is 1.46. The van der Waals surface area contributed by atoms with Crippen molar-refractivity contribution in [1.82, 2.24) is 9.78 Å². The average molecular weight is 363 g/mol. The van der Waals surface area contributed by atoms with Crippen molar-refractivity contribution in [1.29, 1.82) is 0 Å². The molecule has 2 aromatic heterocycles. The quantitative estimate of drug-likeness (QED) is 0.683. The van der Waals surface area contributed by atoms with Crippen LogP contribution in [0.25, 0.3) is 0 Å². The van der Waals surface area contributed by atoms with Crippen molar-refractivity contribution in [2.24, 2.45) is 5.92 Å². The molecule has 4 nitrogen and oxygen atoms in total. The number of anilines is 1. The predicted molar refractivity (Wildman–Crippen MR) is 104 cm³/mol. The monoisotopic (exact) mass is 363 g/mol. The minimum atomic E-state index is 0.0939. The molecule has 2 aliphatic rings. The van der Waals surface area contributed by atoms with E-state index in [0.717, 1.165) is 42.4 Å². The van der Waals surface area contributed by atoms with E-state index in [1.807, 2.05) is 27.8 Å². The molecule has 0 bridgehead atoms. The predicted octanol–water partition coefficient (Wildman–Crippen LogP) is 4.54. The van der Waals surface area contributed by atoms with Gasteiger partial charge in [-0.1, -0.05) is 18.2 Å². The number of benzene rings is 1. The summed E-state index contributed by atoms with van der Waals surface area (Å²) < 4.78 is 2.10. The molecule has 0 saturated heterocycles. The fraction of sp³-hybridized carbons (Fsp3) is 0.333. The Bertz CT molecular complexity index is 926. The van der Waals surface area contributed by atoms with Crippen LogP contribution >= 0.6 is 11.3 Å². The highest BCUT2D eigenvalue weighted by atomic mass is 32.1. The van der Waals surface area contributed by atoms with Crippen molar-refractivity contribution < 1.29 is 4.79 Å². The van der Waals surface area contributed by atoms with Crippen molar-refractivity contribution >= 4 is 22.9 Å². The lowest BCUT2D eigenvalue weighted by molar-refractivity contribution is 0.0985. The summed E-state index contributed by atoms with van der Waals surface area (Å²) in [6, 6.07) is 12.3. The van der Waals surface area contributed by atoms with E-state index in [1.54, 1.807) is 11.3 Å². The van der Waals surface area contributed by atoms with Crippen LogP contribution in [0.5, 0.6) is 0 Å². The molecule has 5 rings (SSSR count). The van der Waals surface area contributed by atoms with Crippen LogP contribution in [0.2, 0.25) is 0 Å². The van der Waals surface area contributed by atoms with Crippen LogP contribution in [0.15, 0.2) is 53.4 Å². The Morgan fingerprint density at radius 1 is 1.15 bits per heavy atom. The van der Waals surface area contributed by atoms with Crippen molar-refractivity contribution in [2.45, 2.75) is 31.7 Å². The fourth-order valence-electron chi connectivity index (χ4n) is 3.85. The number of thiophene rings is 1. The summed E-state index contributed by atoms with van der Waals surface area (Å²) in [4.78, 5) is 14.8. The van der Waals surface area contributed by atoms with Gasteiger partial charge in [0.15, 0.2) is 0 Å². The van der Waals surface area contributed by atoms with Crippen LogP contribution in [0, 0.1) is 5.92 Å². The van der Waals surface area contributed by atoms with Gasteiger partial charge in [0.1, 0.15) is 0 Å². The van der Waals surface area contributed by atoms with Gasteiger partial charge in [-0.15, -0.1) is 0 Å². The van der Waals surface area contributed by atoms with Gasteiger partial charge in [-0.25, -0.2) is 0 Å². The Morgan fingerprint density at radius 2 is 2.04 bits per heavy atom. The number of hydrogen-bond acceptors (Lipinski definition) is 3. The molecule has 1 fully saturated rings. The maximum Gasteiger partial charge on any atom is 0.259 e. The van der Waals surface area contributed by atoms with E-state index in [-0.39, 0.29) is 11.8 Å². The minimum absolute atomic E-state index is 0.0939. The number of fused-ring (bicyclic) bond motifs is 1. The lowest BCUT2D eigenvalue weighted by Gasteiger charge is -2.33. The topological polar surface area (TPSA) is 38.1 Å². The number of para-hydroxylation sites is 1. The summed E-state index contributed by atoms with van der Waals surface area (Å²) in [7, 11) is 0. The highest BCUT2D eigenvalue weighted by Crippen LogP contribution is 2.39. The van der Waals surface area contributed by atoms with E-state index < -0.39 is 0 Å². The maximum atomic E-state index is 12.9. The SMILES string of the molecule is O=C(c1ccsc1)N1CC[C@@H](c2ccn(CC3CC3)n2)c2ccccc21. The van der Waals surface area contributed by atoms with E-state index in [2.05, 4.69) is 35.1 Å². The standard InChI is InChI=1S/C21H21N3OS/c25-21(16-9-12-26-14-16)24-11-7-17(18-3-1-2-4-20(18)24)19-8-10-23(22-19)13-15-5-6-15/h1-4,8-10,12,14-15,17H,5-7,11,13H2/t17-/m1/s1. The molecular weight excluding hydrogens is 342 g/mol. The maximum absolute atomic E-state index is 12.9. The second kappa shape index (κ2) is 6.40. The molecule has 0 unspecified atom stereocenters. The third kappa shape index (κ3) is 2.86. The molecule has 0 N–H and O–H groups in total. The second-order valence-corrected chi connectivity index (χ2v) is 8.05. The van der Waals surface area contributed by atoms with Crippen molar-refractivity contribution in [3.8, 4) is 0 Å². The number of aromatic nitrogens is 2. The molecule has 1 saturated carbocycles. The third-order valence-electron chi connectivity index (χ3n) is 5.42. The van der Waals surface area contributed by atoms with E-state index in [0.29, 0.717) is 0 Å². The number of rotatable bonds is 4. The molecule has 1 aliphatic carbocycles. The van der Waals surface area contributed by atoms with Gasteiger partial charge >= 0.3 is 0 Å². The zero-order chi connectivity index (χ0) is 17.5. The largest absolute Gasteiger partial charge is 0.308 e. The van der Waals surface area contributed by atoms with Crippen molar-refractivity contribution in [3.05, 3.63) is 70.2 Å². The fourth-order valence-corrected chi connectivity index (χ4v) is 4.48. The number of carbonyl (C=O) groups excluding carboxylic acids is 1. The molecule has 1 atom stereocenters. The van der Waals surface area contributed by atoms with Gasteiger partial charge in [0.2, 0.25) is 0 Å². The van der Waals surface area contributed by atoms with Crippen LogP contribution in [0.3, 0.4) is 0 Å². The molecule has 0 spiro atoms. The van der Waals surface area contributed by atoms with E-state index in [4.69, 9.17) is 5.10 Å². The molecule has 0 radical (unpaired) electrons. The molecule has 1 amide bonds. The Hall–Kier alpha value is -2.40. The van der Waals surface area contributed by atoms with Crippen LogP contribution < -0.4 is 4.90 Å². The average Bonchev–Trinajstić information content (AvgIpc) is 3.12. The second-order valence-electron chi connectivity index (χ2n) is 7.27. The van der Waals surface area contributed by atoms with Gasteiger partial charge in [-0.2, -0.15) is 16.4 Å². The van der Waals surface area contributed by atoms with Crippen LogP contribution in [0.4, 0.5) is 5.69 Å². The number of hydrogen-bond donors (Lipinski definition) is 0. The van der Waals surface area contributed by atoms with Gasteiger partial charge in [-0.3, -0.25) is 9.48 Å². The smallest absolute Gasteiger partial charge is 0.259 e. The lowest BCUT2D eigenvalue weighted by atomic mass is 9.87. The van der Waals surface area contributed by atoms with E-state index >= 15 is 0 Å². The van der Waals surface area contributed by atoms with E-state index in [1.165, 1.54) is 18.4 Å². The molecule has 132 valence electrons. The number of carbonyl (C=O) groups is 1. The first-order valence-corrected chi connectivity index (χ1v) is 10.2. The lowest BCUT2D eigenvalue weighted by Crippen LogP contribution is -2.36. The highest BCUT2D eigenvalue weighted by Gasteiger charge is 2.31. The molecule has 26 heavy (non-hydrogen) atoms. The molecule has 3 heterocycles. The van der Waals surface area contributed by atoms with Crippen molar-refractivity contribution in [2.75, 3.05) is 11.4 Å². The summed E-state index contributed by atoms with van der Waals surface area (Å²) in [5, 5.41) is 8.73. The molecule has 3 aromatic rings. The third-order valence-corrected chi connectivity index (χ3v) is 6.10. The van der Waals surface area contributed by atoms with Crippen LogP contribution in [-0.4, -0.2) is 22.2 Å². The number of nitrogens with zero attached hydrogens (tertiary/aromatic N) is 3. The molecule has 1 aliphatic heterocycles.